The molecule has 0 aliphatic heterocycles. The molecule has 0 saturated carbocycles. The molecule has 1 atom stereocenters. The molecule has 0 radical (unpaired) electrons. The number of fused-ring (bicyclic) bond motifs is 1. The van der Waals surface area contributed by atoms with Crippen LogP contribution in [0.5, 0.6) is 11.5 Å². The quantitative estimate of drug-likeness (QED) is 0.754. The fraction of sp³-hybridized carbons (Fsp3) is 0.143. The Morgan fingerprint density at radius 3 is 2.50 bits per heavy atom. The van der Waals surface area contributed by atoms with Gasteiger partial charge in [-0.2, -0.15) is 5.26 Å². The van der Waals surface area contributed by atoms with Crippen LogP contribution in [-0.2, 0) is 4.79 Å². The number of benzene rings is 3. The average Bonchev–Trinajstić information content (AvgIpc) is 2.67. The van der Waals surface area contributed by atoms with Crippen LogP contribution in [0.1, 0.15) is 12.5 Å². The zero-order valence-corrected chi connectivity index (χ0v) is 14.5. The Labute approximate surface area is 151 Å². The van der Waals surface area contributed by atoms with Crippen molar-refractivity contribution in [3.63, 3.8) is 0 Å². The third-order valence-corrected chi connectivity index (χ3v) is 3.96. The van der Waals surface area contributed by atoms with Gasteiger partial charge >= 0.3 is 0 Å². The summed E-state index contributed by atoms with van der Waals surface area (Å²) in [6.07, 6.45) is -0.691. The van der Waals surface area contributed by atoms with Crippen LogP contribution >= 0.6 is 0 Å². The molecule has 0 heterocycles. The molecule has 0 aliphatic carbocycles. The van der Waals surface area contributed by atoms with E-state index in [-0.39, 0.29) is 5.91 Å². The second-order valence-corrected chi connectivity index (χ2v) is 5.82. The number of ether oxygens (including phenoxy) is 2. The van der Waals surface area contributed by atoms with Crippen LogP contribution < -0.4 is 14.8 Å². The number of nitrogens with one attached hydrogen (secondary N) is 1. The Bertz CT molecular complexity index is 992. The SMILES string of the molecule is COc1ccc2ccc(OC(C)C(=O)Nc3cccc(C#N)c3)cc2c1. The molecule has 3 aromatic carbocycles. The summed E-state index contributed by atoms with van der Waals surface area (Å²) in [5, 5.41) is 13.7. The topological polar surface area (TPSA) is 71.3 Å². The molecule has 1 N–H and O–H groups in total. The largest absolute Gasteiger partial charge is 0.497 e. The van der Waals surface area contributed by atoms with Gasteiger partial charge in [-0.05, 0) is 60.2 Å². The van der Waals surface area contributed by atoms with Gasteiger partial charge in [-0.25, -0.2) is 0 Å². The summed E-state index contributed by atoms with van der Waals surface area (Å²) >= 11 is 0. The third-order valence-electron chi connectivity index (χ3n) is 3.96. The Morgan fingerprint density at radius 1 is 1.04 bits per heavy atom. The summed E-state index contributed by atoms with van der Waals surface area (Å²) in [7, 11) is 1.62. The van der Waals surface area contributed by atoms with E-state index in [4.69, 9.17) is 14.7 Å². The lowest BCUT2D eigenvalue weighted by atomic mass is 10.1. The van der Waals surface area contributed by atoms with Crippen molar-refractivity contribution >= 4 is 22.4 Å². The monoisotopic (exact) mass is 346 g/mol. The second kappa shape index (κ2) is 7.58. The first-order valence-corrected chi connectivity index (χ1v) is 8.14. The summed E-state index contributed by atoms with van der Waals surface area (Å²) in [5.74, 6) is 1.07. The molecule has 3 rings (SSSR count). The molecule has 0 aliphatic rings. The molecular formula is C21H18N2O3. The number of carbonyl (C=O) groups excluding carboxylic acids is 1. The highest BCUT2D eigenvalue weighted by Gasteiger charge is 2.15. The van der Waals surface area contributed by atoms with Crippen molar-refractivity contribution in [2.45, 2.75) is 13.0 Å². The summed E-state index contributed by atoms with van der Waals surface area (Å²) in [4.78, 5) is 12.3. The lowest BCUT2D eigenvalue weighted by molar-refractivity contribution is -0.122. The maximum absolute atomic E-state index is 12.3. The molecule has 26 heavy (non-hydrogen) atoms. The summed E-state index contributed by atoms with van der Waals surface area (Å²) in [5.41, 5.74) is 1.05. The number of anilines is 1. The molecule has 1 amide bonds. The molecule has 5 nitrogen and oxygen atoms in total. The fourth-order valence-electron chi connectivity index (χ4n) is 2.57. The Kier molecular flexibility index (Phi) is 5.04. The van der Waals surface area contributed by atoms with Crippen molar-refractivity contribution in [2.75, 3.05) is 12.4 Å². The molecule has 0 aromatic heterocycles. The zero-order valence-electron chi connectivity index (χ0n) is 14.5. The highest BCUT2D eigenvalue weighted by molar-refractivity contribution is 5.94. The number of hydrogen-bond acceptors (Lipinski definition) is 4. The first-order chi connectivity index (χ1) is 12.6. The van der Waals surface area contributed by atoms with Gasteiger partial charge < -0.3 is 14.8 Å². The van der Waals surface area contributed by atoms with Gasteiger partial charge in [0.15, 0.2) is 6.10 Å². The molecule has 0 fully saturated rings. The minimum absolute atomic E-state index is 0.286. The van der Waals surface area contributed by atoms with Gasteiger partial charge in [0, 0.05) is 5.69 Å². The molecule has 3 aromatic rings. The van der Waals surface area contributed by atoms with E-state index in [1.54, 1.807) is 38.3 Å². The average molecular weight is 346 g/mol. The maximum atomic E-state index is 12.3. The van der Waals surface area contributed by atoms with Crippen molar-refractivity contribution < 1.29 is 14.3 Å². The Balaban J connectivity index is 1.72. The van der Waals surface area contributed by atoms with Crippen LogP contribution in [0.25, 0.3) is 10.8 Å². The van der Waals surface area contributed by atoms with Crippen LogP contribution in [0, 0.1) is 11.3 Å². The molecule has 0 spiro atoms. The van der Waals surface area contributed by atoms with Crippen molar-refractivity contribution in [2.24, 2.45) is 0 Å². The first kappa shape index (κ1) is 17.3. The van der Waals surface area contributed by atoms with Gasteiger partial charge in [0.2, 0.25) is 0 Å². The minimum Gasteiger partial charge on any atom is -0.497 e. The molecule has 5 heteroatoms. The molecule has 0 bridgehead atoms. The first-order valence-electron chi connectivity index (χ1n) is 8.14. The van der Waals surface area contributed by atoms with Gasteiger partial charge in [-0.15, -0.1) is 0 Å². The number of amides is 1. The number of carbonyl (C=O) groups is 1. The summed E-state index contributed by atoms with van der Waals surface area (Å²) in [6, 6.07) is 20.2. The van der Waals surface area contributed by atoms with Crippen LogP contribution in [0.3, 0.4) is 0 Å². The van der Waals surface area contributed by atoms with E-state index >= 15 is 0 Å². The standard InChI is InChI=1S/C21H18N2O3/c1-14(21(24)23-18-5-3-4-15(10-18)13-22)26-20-9-7-16-6-8-19(25-2)11-17(16)12-20/h3-12,14H,1-2H3,(H,23,24). The van der Waals surface area contributed by atoms with E-state index in [2.05, 4.69) is 5.32 Å². The van der Waals surface area contributed by atoms with E-state index in [0.29, 0.717) is 17.0 Å². The maximum Gasteiger partial charge on any atom is 0.265 e. The van der Waals surface area contributed by atoms with Crippen LogP contribution in [-0.4, -0.2) is 19.1 Å². The highest BCUT2D eigenvalue weighted by Crippen LogP contribution is 2.25. The number of methoxy groups -OCH3 is 1. The zero-order chi connectivity index (χ0) is 18.5. The van der Waals surface area contributed by atoms with E-state index in [1.165, 1.54) is 0 Å². The molecule has 130 valence electrons. The molecule has 0 saturated heterocycles. The van der Waals surface area contributed by atoms with Crippen molar-refractivity contribution in [1.82, 2.24) is 0 Å². The number of nitriles is 1. The van der Waals surface area contributed by atoms with Crippen molar-refractivity contribution in [1.29, 1.82) is 5.26 Å². The van der Waals surface area contributed by atoms with Crippen LogP contribution in [0.15, 0.2) is 60.7 Å². The number of hydrogen-bond donors (Lipinski definition) is 1. The Hall–Kier alpha value is -3.52. The highest BCUT2D eigenvalue weighted by atomic mass is 16.5. The van der Waals surface area contributed by atoms with Crippen molar-refractivity contribution in [3.05, 3.63) is 66.2 Å². The lowest BCUT2D eigenvalue weighted by Crippen LogP contribution is -2.30. The minimum atomic E-state index is -0.691. The van der Waals surface area contributed by atoms with Gasteiger partial charge in [0.05, 0.1) is 18.7 Å². The summed E-state index contributed by atoms with van der Waals surface area (Å²) < 4.78 is 11.0. The van der Waals surface area contributed by atoms with E-state index in [0.717, 1.165) is 16.5 Å². The van der Waals surface area contributed by atoms with E-state index < -0.39 is 6.10 Å². The lowest BCUT2D eigenvalue weighted by Gasteiger charge is -2.15. The number of nitrogens with zero attached hydrogens (tertiary/aromatic N) is 1. The van der Waals surface area contributed by atoms with E-state index in [1.807, 2.05) is 42.5 Å². The van der Waals surface area contributed by atoms with Gasteiger partial charge in [0.1, 0.15) is 11.5 Å². The molecular weight excluding hydrogens is 328 g/mol. The van der Waals surface area contributed by atoms with Gasteiger partial charge in [-0.1, -0.05) is 18.2 Å². The second-order valence-electron chi connectivity index (χ2n) is 5.82. The van der Waals surface area contributed by atoms with Crippen LogP contribution in [0.4, 0.5) is 5.69 Å². The fourth-order valence-corrected chi connectivity index (χ4v) is 2.57. The summed E-state index contributed by atoms with van der Waals surface area (Å²) in [6.45, 7) is 1.68. The smallest absolute Gasteiger partial charge is 0.265 e. The Morgan fingerprint density at radius 2 is 1.77 bits per heavy atom. The molecule has 1 unspecified atom stereocenters. The number of rotatable bonds is 5. The predicted molar refractivity (Wildman–Crippen MR) is 100 cm³/mol. The van der Waals surface area contributed by atoms with Crippen LogP contribution in [0.2, 0.25) is 0 Å². The van der Waals surface area contributed by atoms with Crippen molar-refractivity contribution in [3.8, 4) is 17.6 Å². The van der Waals surface area contributed by atoms with E-state index in [9.17, 15) is 4.79 Å². The predicted octanol–water partition coefficient (Wildman–Crippen LogP) is 4.13. The van der Waals surface area contributed by atoms with Gasteiger partial charge in [-0.3, -0.25) is 4.79 Å². The third kappa shape index (κ3) is 3.93. The van der Waals surface area contributed by atoms with Gasteiger partial charge in [0.25, 0.3) is 5.91 Å². The normalized spacial score (nSPS) is 11.4.